The maximum atomic E-state index is 13.5. The molecule has 0 bridgehead atoms. The van der Waals surface area contributed by atoms with Crippen LogP contribution in [0.4, 0.5) is 20.7 Å². The van der Waals surface area contributed by atoms with Gasteiger partial charge in [0.2, 0.25) is 6.79 Å². The first-order valence-electron chi connectivity index (χ1n) is 14.4. The zero-order valence-corrected chi connectivity index (χ0v) is 27.8. The van der Waals surface area contributed by atoms with E-state index < -0.39 is 31.8 Å². The minimum Gasteiger partial charge on any atom is -0.772 e. The van der Waals surface area contributed by atoms with E-state index in [1.54, 1.807) is 54.6 Å². The van der Waals surface area contributed by atoms with Gasteiger partial charge in [-0.25, -0.2) is 28.2 Å². The van der Waals surface area contributed by atoms with Gasteiger partial charge in [-0.2, -0.15) is 0 Å². The van der Waals surface area contributed by atoms with Crippen molar-refractivity contribution in [3.8, 4) is 17.1 Å². The van der Waals surface area contributed by atoms with Gasteiger partial charge in [-0.3, -0.25) is 4.21 Å². The van der Waals surface area contributed by atoms with Crippen molar-refractivity contribution in [1.29, 1.82) is 0 Å². The molecule has 258 valence electrons. The maximum absolute atomic E-state index is 13.5. The number of amides is 1. The predicted molar refractivity (Wildman–Crippen MR) is 176 cm³/mol. The number of aromatic nitrogens is 2. The number of rotatable bonds is 15. The van der Waals surface area contributed by atoms with Crippen molar-refractivity contribution in [3.63, 3.8) is 0 Å². The van der Waals surface area contributed by atoms with Gasteiger partial charge in [-0.05, 0) is 72.6 Å². The predicted octanol–water partition coefficient (Wildman–Crippen LogP) is 6.28. The maximum Gasteiger partial charge on any atom is 0.472 e. The zero-order valence-electron chi connectivity index (χ0n) is 25.4. The summed E-state index contributed by atoms with van der Waals surface area (Å²) >= 11 is 4.14. The summed E-state index contributed by atoms with van der Waals surface area (Å²) in [5.74, 6) is 1.08. The molecule has 1 atom stereocenters. The van der Waals surface area contributed by atoms with Gasteiger partial charge in [0.1, 0.15) is 41.8 Å². The fourth-order valence-electron chi connectivity index (χ4n) is 4.58. The number of carbonyl (C=O) groups excluding carboxylic acids is 1. The lowest BCUT2D eigenvalue weighted by Crippen LogP contribution is -2.33. The van der Waals surface area contributed by atoms with Gasteiger partial charge in [-0.15, -0.1) is 0 Å². The number of halogens is 2. The molecule has 0 saturated heterocycles. The number of ether oxygens (including phenoxy) is 2. The number of fused-ring (bicyclic) bond motifs is 1. The average molecular weight is 734 g/mol. The topological polar surface area (TPSA) is 197 Å². The van der Waals surface area contributed by atoms with E-state index >= 15 is 0 Å². The molecule has 14 nitrogen and oxygen atoms in total. The summed E-state index contributed by atoms with van der Waals surface area (Å²) in [6.45, 7) is -1.05. The fraction of sp³-hybridized carbons (Fsp3) is 0.194. The van der Waals surface area contributed by atoms with Gasteiger partial charge in [0.05, 0.1) is 17.1 Å². The number of nitrogens with one attached hydrogen (secondary N) is 1. The van der Waals surface area contributed by atoms with Crippen molar-refractivity contribution in [3.05, 3.63) is 101 Å². The molecule has 18 heteroatoms. The molecule has 0 spiro atoms. The lowest BCUT2D eigenvalue weighted by molar-refractivity contribution is 0.0181. The molecular weight excluding hydrogens is 706 g/mol. The molecule has 0 fully saturated rings. The third kappa shape index (κ3) is 10.5. The number of nitrogens with zero attached hydrogens (tertiary/aromatic N) is 3. The van der Waals surface area contributed by atoms with E-state index in [1.807, 2.05) is 6.07 Å². The Hall–Kier alpha value is -4.41. The van der Waals surface area contributed by atoms with Crippen LogP contribution in [-0.4, -0.2) is 58.6 Å². The molecule has 5 aromatic rings. The van der Waals surface area contributed by atoms with Crippen LogP contribution in [0.2, 0.25) is 5.02 Å². The Kier molecular flexibility index (Phi) is 12.0. The number of phosphoric acid groups is 1. The summed E-state index contributed by atoms with van der Waals surface area (Å²) in [5, 5.41) is 4.22. The normalized spacial score (nSPS) is 12.1. The van der Waals surface area contributed by atoms with Crippen LogP contribution in [-0.2, 0) is 38.1 Å². The Bertz CT molecular complexity index is 2010. The van der Waals surface area contributed by atoms with Crippen molar-refractivity contribution in [2.24, 2.45) is 0 Å². The number of hydrogen-bond donors (Lipinski definition) is 3. The quantitative estimate of drug-likeness (QED) is 0.0618. The second-order valence-corrected chi connectivity index (χ2v) is 13.0. The Morgan fingerprint density at radius 3 is 2.69 bits per heavy atom. The van der Waals surface area contributed by atoms with E-state index in [0.717, 1.165) is 4.90 Å². The third-order valence-corrected chi connectivity index (χ3v) is 8.17. The number of benzene rings is 3. The Labute approximate surface area is 286 Å². The van der Waals surface area contributed by atoms with Gasteiger partial charge in [0.25, 0.3) is 0 Å². The molecule has 49 heavy (non-hydrogen) atoms. The highest BCUT2D eigenvalue weighted by atomic mass is 35.5. The highest BCUT2D eigenvalue weighted by Crippen LogP contribution is 2.36. The summed E-state index contributed by atoms with van der Waals surface area (Å²) in [6, 6.07) is 19.9. The Morgan fingerprint density at radius 1 is 1.10 bits per heavy atom. The zero-order chi connectivity index (χ0) is 35.0. The van der Waals surface area contributed by atoms with E-state index in [2.05, 4.69) is 19.8 Å². The van der Waals surface area contributed by atoms with Gasteiger partial charge in [0.15, 0.2) is 0 Å². The van der Waals surface area contributed by atoms with Crippen LogP contribution < -0.4 is 10.1 Å². The molecule has 0 aliphatic carbocycles. The van der Waals surface area contributed by atoms with Crippen molar-refractivity contribution < 1.29 is 50.7 Å². The van der Waals surface area contributed by atoms with Gasteiger partial charge >= 0.3 is 13.9 Å². The smallest absolute Gasteiger partial charge is 0.472 e. The minimum atomic E-state index is -4.87. The number of furan rings is 1. The Morgan fingerprint density at radius 2 is 1.94 bits per heavy atom. The van der Waals surface area contributed by atoms with Gasteiger partial charge in [0, 0.05) is 28.9 Å². The molecule has 1 unspecified atom stereocenters. The van der Waals surface area contributed by atoms with Crippen LogP contribution in [0, 0.1) is 5.82 Å². The lowest BCUT2D eigenvalue weighted by Gasteiger charge is -2.21. The van der Waals surface area contributed by atoms with Crippen molar-refractivity contribution in [1.82, 2.24) is 14.9 Å². The average Bonchev–Trinajstić information content (AvgIpc) is 3.52. The van der Waals surface area contributed by atoms with Crippen molar-refractivity contribution >= 4 is 59.0 Å². The van der Waals surface area contributed by atoms with Crippen LogP contribution >= 0.6 is 19.4 Å². The highest BCUT2D eigenvalue weighted by Gasteiger charge is 2.21. The SMILES string of the molecule is O=C(OCOP(=O)(O)O)N(CCCS(=O)[O-])Cc1ccc(-c2ccc3ncnc(Nc4ccc(OCc5cccc(F)c5)c(Cl)c4)c3c2)o1. The lowest BCUT2D eigenvalue weighted by atomic mass is 10.1. The summed E-state index contributed by atoms with van der Waals surface area (Å²) < 4.78 is 67.1. The molecule has 0 aliphatic heterocycles. The standard InChI is InChI=1S/C31H29ClFN4O10PS/c32-26-15-23(6-9-29(26)44-17-20-3-1-4-22(33)13-20)36-30-25-14-21(5-8-27(25)34-18-35-30)28-10-7-24(47-28)16-37(11-2-12-49(42)43)31(38)45-19-46-48(39,40)41/h1,3-10,13-15,18H,2,11-12,16-17,19H2,(H,42,43)(H,34,35,36)(H2,39,40,41)/p-1. The molecular formula is C31H28ClFN4O10PS-. The number of carbonyl (C=O) groups is 1. The number of anilines is 2. The van der Waals surface area contributed by atoms with Crippen LogP contribution in [0.3, 0.4) is 0 Å². The number of phosphoric ester groups is 1. The fourth-order valence-corrected chi connectivity index (χ4v) is 5.37. The highest BCUT2D eigenvalue weighted by molar-refractivity contribution is 7.79. The summed E-state index contributed by atoms with van der Waals surface area (Å²) in [7, 11) is -4.87. The first-order chi connectivity index (χ1) is 23.4. The minimum absolute atomic E-state index is 0.0504. The van der Waals surface area contributed by atoms with Crippen LogP contribution in [0.15, 0.2) is 83.5 Å². The van der Waals surface area contributed by atoms with Gasteiger partial charge < -0.3 is 38.4 Å². The van der Waals surface area contributed by atoms with Crippen molar-refractivity contribution in [2.75, 3.05) is 24.4 Å². The first-order valence-corrected chi connectivity index (χ1v) is 17.5. The summed E-state index contributed by atoms with van der Waals surface area (Å²) in [4.78, 5) is 40.1. The van der Waals surface area contributed by atoms with Crippen molar-refractivity contribution in [2.45, 2.75) is 19.6 Å². The van der Waals surface area contributed by atoms with Gasteiger partial charge in [-0.1, -0.05) is 34.8 Å². The molecule has 5 rings (SSSR count). The van der Waals surface area contributed by atoms with Crippen LogP contribution in [0.25, 0.3) is 22.2 Å². The monoisotopic (exact) mass is 733 g/mol. The van der Waals surface area contributed by atoms with E-state index in [4.69, 9.17) is 35.3 Å². The molecule has 0 radical (unpaired) electrons. The number of hydrogen-bond acceptors (Lipinski definition) is 11. The van der Waals surface area contributed by atoms with E-state index in [9.17, 15) is 22.5 Å². The van der Waals surface area contributed by atoms with E-state index in [-0.39, 0.29) is 37.7 Å². The van der Waals surface area contributed by atoms with Crippen LogP contribution in [0.5, 0.6) is 5.75 Å². The molecule has 3 aromatic carbocycles. The summed E-state index contributed by atoms with van der Waals surface area (Å²) in [5.41, 5.74) is 2.57. The van der Waals surface area contributed by atoms with E-state index in [1.165, 1.54) is 18.5 Å². The third-order valence-electron chi connectivity index (χ3n) is 6.81. The second-order valence-electron chi connectivity index (χ2n) is 10.3. The molecule has 1 amide bonds. The van der Waals surface area contributed by atoms with Crippen LogP contribution in [0.1, 0.15) is 17.7 Å². The Balaban J connectivity index is 1.29. The molecule has 0 aliphatic rings. The van der Waals surface area contributed by atoms with E-state index in [0.29, 0.717) is 55.8 Å². The molecule has 2 aromatic heterocycles. The molecule has 2 heterocycles. The largest absolute Gasteiger partial charge is 0.772 e. The second kappa shape index (κ2) is 16.3. The first kappa shape index (κ1) is 35.9. The molecule has 0 saturated carbocycles. The molecule has 3 N–H and O–H groups in total. The summed E-state index contributed by atoms with van der Waals surface area (Å²) in [6.07, 6.45) is 0.496.